The van der Waals surface area contributed by atoms with Gasteiger partial charge in [0.1, 0.15) is 5.82 Å². The third-order valence-corrected chi connectivity index (χ3v) is 5.46. The molecule has 6 nitrogen and oxygen atoms in total. The largest absolute Gasteiger partial charge is 0.454 e. The minimum Gasteiger partial charge on any atom is -0.454 e. The van der Waals surface area contributed by atoms with Crippen LogP contribution in [0.5, 0.6) is 11.5 Å². The van der Waals surface area contributed by atoms with E-state index in [0.717, 1.165) is 5.56 Å². The lowest BCUT2D eigenvalue weighted by Crippen LogP contribution is -2.35. The van der Waals surface area contributed by atoms with Gasteiger partial charge in [-0.15, -0.1) is 12.4 Å². The topological polar surface area (TPSA) is 54.9 Å². The van der Waals surface area contributed by atoms with Gasteiger partial charge in [-0.05, 0) is 56.1 Å². The number of anilines is 1. The monoisotopic (exact) mass is 449 g/mol. The van der Waals surface area contributed by atoms with Crippen molar-refractivity contribution in [3.8, 4) is 11.5 Å². The number of fused-ring (bicyclic) bond motifs is 2. The van der Waals surface area contributed by atoms with Crippen molar-refractivity contribution in [2.24, 2.45) is 0 Å². The van der Waals surface area contributed by atoms with Crippen LogP contribution in [-0.2, 0) is 4.79 Å². The van der Waals surface area contributed by atoms with Crippen LogP contribution >= 0.6 is 23.7 Å². The number of likely N-dealkylation sites (N-methyl/N-ethyl adjacent to an activating group) is 1. The van der Waals surface area contributed by atoms with Crippen molar-refractivity contribution in [1.29, 1.82) is 0 Å². The number of halogens is 2. The first-order valence-corrected chi connectivity index (χ1v) is 9.91. The Morgan fingerprint density at radius 2 is 1.97 bits per heavy atom. The zero-order valence-electron chi connectivity index (χ0n) is 16.5. The smallest absolute Gasteiger partial charge is 0.252 e. The number of benzene rings is 2. The van der Waals surface area contributed by atoms with Crippen LogP contribution in [-0.4, -0.2) is 49.8 Å². The number of hydrogen-bond donors (Lipinski definition) is 0. The average Bonchev–Trinajstić information content (AvgIpc) is 3.32. The van der Waals surface area contributed by atoms with Gasteiger partial charge in [-0.2, -0.15) is 0 Å². The summed E-state index contributed by atoms with van der Waals surface area (Å²) in [5.41, 5.74) is 1.51. The summed E-state index contributed by atoms with van der Waals surface area (Å²) >= 11 is 1.30. The molecule has 0 atom stereocenters. The van der Waals surface area contributed by atoms with Gasteiger partial charge in [0.05, 0.1) is 10.2 Å². The molecule has 0 radical (unpaired) electrons. The van der Waals surface area contributed by atoms with Gasteiger partial charge >= 0.3 is 0 Å². The number of carbonyl (C=O) groups excluding carboxylic acids is 1. The van der Waals surface area contributed by atoms with E-state index in [-0.39, 0.29) is 30.9 Å². The molecule has 30 heavy (non-hydrogen) atoms. The molecule has 0 aliphatic carbocycles. The fraction of sp³-hybridized carbons (Fsp3) is 0.238. The second-order valence-corrected chi connectivity index (χ2v) is 7.86. The predicted octanol–water partition coefficient (Wildman–Crippen LogP) is 4.19. The van der Waals surface area contributed by atoms with E-state index in [9.17, 15) is 9.18 Å². The lowest BCUT2D eigenvalue weighted by Gasteiger charge is -2.20. The van der Waals surface area contributed by atoms with Crippen LogP contribution in [0.15, 0.2) is 42.5 Å². The van der Waals surface area contributed by atoms with E-state index in [1.807, 2.05) is 37.2 Å². The van der Waals surface area contributed by atoms with E-state index in [1.54, 1.807) is 17.0 Å². The number of rotatable bonds is 6. The number of hydrogen-bond acceptors (Lipinski definition) is 6. The molecule has 0 unspecified atom stereocenters. The summed E-state index contributed by atoms with van der Waals surface area (Å²) in [5, 5.41) is 0.549. The van der Waals surface area contributed by atoms with E-state index in [4.69, 9.17) is 9.47 Å². The van der Waals surface area contributed by atoms with Crippen LogP contribution in [0.25, 0.3) is 16.3 Å². The summed E-state index contributed by atoms with van der Waals surface area (Å²) in [6, 6.07) is 9.95. The Morgan fingerprint density at radius 3 is 2.77 bits per heavy atom. The van der Waals surface area contributed by atoms with E-state index < -0.39 is 0 Å². The van der Waals surface area contributed by atoms with E-state index in [2.05, 4.69) is 4.98 Å². The predicted molar refractivity (Wildman–Crippen MR) is 119 cm³/mol. The van der Waals surface area contributed by atoms with Crippen LogP contribution in [0.3, 0.4) is 0 Å². The molecule has 0 N–H and O–H groups in total. The summed E-state index contributed by atoms with van der Waals surface area (Å²) < 4.78 is 24.9. The van der Waals surface area contributed by atoms with Crippen LogP contribution in [0.1, 0.15) is 5.56 Å². The molecule has 1 aromatic heterocycles. The molecular weight excluding hydrogens is 429 g/mol. The molecule has 2 heterocycles. The molecular formula is C21H21ClFN3O3S. The molecule has 9 heteroatoms. The van der Waals surface area contributed by atoms with Gasteiger partial charge in [0.2, 0.25) is 6.79 Å². The van der Waals surface area contributed by atoms with Crippen molar-refractivity contribution < 1.29 is 18.7 Å². The Bertz CT molecular complexity index is 1090. The zero-order chi connectivity index (χ0) is 20.4. The van der Waals surface area contributed by atoms with E-state index >= 15 is 0 Å². The number of carbonyl (C=O) groups is 1. The Morgan fingerprint density at radius 1 is 1.17 bits per heavy atom. The molecule has 0 fully saturated rings. The molecule has 0 spiro atoms. The van der Waals surface area contributed by atoms with Crippen molar-refractivity contribution in [3.63, 3.8) is 0 Å². The Hall–Kier alpha value is -2.68. The Labute approximate surface area is 183 Å². The summed E-state index contributed by atoms with van der Waals surface area (Å²) in [6.07, 6.45) is 3.25. The third kappa shape index (κ3) is 4.89. The van der Waals surface area contributed by atoms with Gasteiger partial charge < -0.3 is 14.4 Å². The minimum absolute atomic E-state index is 0. The molecule has 0 saturated carbocycles. The Kier molecular flexibility index (Phi) is 6.91. The Balaban J connectivity index is 0.00000256. The van der Waals surface area contributed by atoms with Gasteiger partial charge in [0, 0.05) is 19.2 Å². The number of ether oxygens (including phenoxy) is 2. The van der Waals surface area contributed by atoms with Gasteiger partial charge in [0.15, 0.2) is 16.6 Å². The third-order valence-electron chi connectivity index (χ3n) is 4.42. The number of nitrogens with zero attached hydrogens (tertiary/aromatic N) is 3. The molecule has 4 rings (SSSR count). The first kappa shape index (κ1) is 22.0. The number of thiazole rings is 1. The van der Waals surface area contributed by atoms with Gasteiger partial charge in [-0.25, -0.2) is 9.37 Å². The minimum atomic E-state index is -0.318. The SMILES string of the molecule is CN(C)CCN(C(=O)/C=C/c1ccc2c(c1)OCO2)c1nc2ccc(F)cc2s1.Cl. The van der Waals surface area contributed by atoms with Crippen LogP contribution in [0, 0.1) is 5.82 Å². The van der Waals surface area contributed by atoms with Crippen LogP contribution in [0.2, 0.25) is 0 Å². The molecule has 3 aromatic rings. The second-order valence-electron chi connectivity index (χ2n) is 6.85. The molecule has 158 valence electrons. The molecule has 1 aliphatic rings. The highest BCUT2D eigenvalue weighted by Crippen LogP contribution is 2.33. The highest BCUT2D eigenvalue weighted by Gasteiger charge is 2.19. The molecule has 1 amide bonds. The maximum Gasteiger partial charge on any atom is 0.252 e. The van der Waals surface area contributed by atoms with E-state index in [1.165, 1.54) is 29.5 Å². The molecule has 0 bridgehead atoms. The van der Waals surface area contributed by atoms with Crippen molar-refractivity contribution in [2.45, 2.75) is 0 Å². The molecule has 2 aromatic carbocycles. The first-order valence-electron chi connectivity index (χ1n) is 9.10. The lowest BCUT2D eigenvalue weighted by molar-refractivity contribution is -0.114. The normalized spacial score (nSPS) is 12.5. The van der Waals surface area contributed by atoms with Crippen LogP contribution < -0.4 is 14.4 Å². The highest BCUT2D eigenvalue weighted by atomic mass is 35.5. The van der Waals surface area contributed by atoms with Gasteiger partial charge in [-0.1, -0.05) is 17.4 Å². The van der Waals surface area contributed by atoms with Crippen molar-refractivity contribution in [2.75, 3.05) is 38.9 Å². The molecule has 1 aliphatic heterocycles. The van der Waals surface area contributed by atoms with Crippen molar-refractivity contribution >= 4 is 51.1 Å². The average molecular weight is 450 g/mol. The summed E-state index contributed by atoms with van der Waals surface area (Å²) in [7, 11) is 3.89. The maximum atomic E-state index is 13.5. The zero-order valence-corrected chi connectivity index (χ0v) is 18.1. The second kappa shape index (κ2) is 9.42. The first-order chi connectivity index (χ1) is 14.0. The molecule has 0 saturated heterocycles. The summed E-state index contributed by atoms with van der Waals surface area (Å²) in [6.45, 7) is 1.35. The maximum absolute atomic E-state index is 13.5. The standard InChI is InChI=1S/C21H20FN3O3S.ClH/c1-24(2)9-10-25(21-23-16-6-5-15(22)12-19(16)29-21)20(26)8-4-14-3-7-17-18(11-14)28-13-27-17;/h3-8,11-12H,9-10,13H2,1-2H3;1H/b8-4+;. The summed E-state index contributed by atoms with van der Waals surface area (Å²) in [4.78, 5) is 21.1. The quantitative estimate of drug-likeness (QED) is 0.528. The van der Waals surface area contributed by atoms with E-state index in [0.29, 0.717) is 39.9 Å². The van der Waals surface area contributed by atoms with Crippen molar-refractivity contribution in [1.82, 2.24) is 9.88 Å². The van der Waals surface area contributed by atoms with Gasteiger partial charge in [0.25, 0.3) is 5.91 Å². The number of aromatic nitrogens is 1. The number of amides is 1. The highest BCUT2D eigenvalue weighted by molar-refractivity contribution is 7.22. The summed E-state index contributed by atoms with van der Waals surface area (Å²) in [5.74, 6) is 0.852. The van der Waals surface area contributed by atoms with Crippen LogP contribution in [0.4, 0.5) is 9.52 Å². The van der Waals surface area contributed by atoms with Crippen molar-refractivity contribution in [3.05, 3.63) is 53.9 Å². The fourth-order valence-electron chi connectivity index (χ4n) is 2.88. The fourth-order valence-corrected chi connectivity index (χ4v) is 3.90. The van der Waals surface area contributed by atoms with Gasteiger partial charge in [-0.3, -0.25) is 9.69 Å². The lowest BCUT2D eigenvalue weighted by atomic mass is 10.2.